The monoisotopic (exact) mass is 1530 g/mol. The summed E-state index contributed by atoms with van der Waals surface area (Å²) in [6.07, 6.45) is 0. The molecule has 0 spiro atoms. The summed E-state index contributed by atoms with van der Waals surface area (Å²) >= 11 is 0. The fourth-order valence-corrected chi connectivity index (χ4v) is 22.6. The largest absolute Gasteiger partial charge is 0.551 e. The van der Waals surface area contributed by atoms with Crippen molar-refractivity contribution in [2.24, 2.45) is 0 Å². The van der Waals surface area contributed by atoms with E-state index in [1.165, 1.54) is 122 Å². The number of benzene rings is 17. The van der Waals surface area contributed by atoms with E-state index in [1.807, 2.05) is 0 Å². The molecule has 0 N–H and O–H groups in total. The van der Waals surface area contributed by atoms with Crippen LogP contribution in [-0.2, 0) is 10.8 Å². The first-order valence-electron chi connectivity index (χ1n) is 41.0. The molecule has 0 saturated carbocycles. The van der Waals surface area contributed by atoms with Crippen LogP contribution in [0.15, 0.2) is 425 Å². The van der Waals surface area contributed by atoms with E-state index in [0.717, 1.165) is 56.2 Å². The molecular weight excluding hydrogens is 1450 g/mol. The van der Waals surface area contributed by atoms with Gasteiger partial charge in [0.15, 0.2) is 0 Å². The smallest absolute Gasteiger partial charge is 0.427 e. The zero-order valence-corrected chi connectivity index (χ0v) is 67.2. The summed E-state index contributed by atoms with van der Waals surface area (Å²) in [6, 6.07) is 153. The summed E-state index contributed by atoms with van der Waals surface area (Å²) in [5.74, 6) is 2.77. The maximum atomic E-state index is 6.65. The molecule has 560 valence electrons. The van der Waals surface area contributed by atoms with Crippen molar-refractivity contribution < 1.29 is 14.0 Å². The Morgan fingerprint density at radius 1 is 0.237 bits per heavy atom. The minimum Gasteiger partial charge on any atom is -0.551 e. The first-order valence-corrected chi connectivity index (χ1v) is 44.0. The number of anilines is 9. The molecule has 10 heteroatoms. The summed E-state index contributed by atoms with van der Waals surface area (Å²) in [7, 11) is -1.81. The van der Waals surface area contributed by atoms with Crippen LogP contribution in [0.5, 0.6) is 17.2 Å². The third kappa shape index (κ3) is 11.9. The Morgan fingerprint density at radius 3 is 0.831 bits per heavy atom. The van der Waals surface area contributed by atoms with Gasteiger partial charge >= 0.3 is 20.7 Å². The normalized spacial score (nSPS) is 14.4. The number of fused-ring (bicyclic) bond motifs is 15. The van der Waals surface area contributed by atoms with Crippen molar-refractivity contribution in [1.82, 2.24) is 0 Å². The fraction of sp³-hybridized carbons (Fsp3) is 0.0556. The molecule has 6 aliphatic heterocycles. The quantitative estimate of drug-likeness (QED) is 0.141. The van der Waals surface area contributed by atoms with Gasteiger partial charge in [0.05, 0.1) is 28.2 Å². The Balaban J connectivity index is 0.000000111. The predicted molar refractivity (Wildman–Crippen MR) is 497 cm³/mol. The van der Waals surface area contributed by atoms with Crippen molar-refractivity contribution in [2.75, 3.05) is 14.7 Å². The minimum absolute atomic E-state index is 0.0727. The Kier molecular flexibility index (Phi) is 17.8. The third-order valence-corrected chi connectivity index (χ3v) is 28.6. The lowest BCUT2D eigenvalue weighted by Gasteiger charge is -2.46. The van der Waals surface area contributed by atoms with E-state index in [-0.39, 0.29) is 26.2 Å². The van der Waals surface area contributed by atoms with Gasteiger partial charge in [-0.15, -0.1) is 0 Å². The highest BCUT2D eigenvalue weighted by atomic mass is 28.3. The van der Waals surface area contributed by atoms with Gasteiger partial charge in [0, 0.05) is 50.5 Å². The summed E-state index contributed by atoms with van der Waals surface area (Å²) in [5.41, 5.74) is 32.2. The Hall–Kier alpha value is -14.0. The van der Waals surface area contributed by atoms with E-state index in [1.54, 1.807) is 0 Å². The minimum atomic E-state index is -1.81. The number of rotatable bonds is 8. The van der Waals surface area contributed by atoms with Crippen LogP contribution in [-0.4, -0.2) is 28.8 Å². The molecule has 6 aliphatic rings. The molecule has 0 aromatic heterocycles. The Labute approximate surface area is 693 Å². The topological polar surface area (TPSA) is 37.4 Å². The Morgan fingerprint density at radius 2 is 0.492 bits per heavy atom. The zero-order valence-electron chi connectivity index (χ0n) is 66.2. The maximum absolute atomic E-state index is 6.65. The molecule has 0 atom stereocenters. The standard InChI is InChI=1S/C43H30BNO.C33H26BNO.C32H26BNOSi/c1-4-16-31(17-5-1)43(32-18-6-2-7-19-32)37-23-11-13-25-40(37)45(41-26-14-12-24-38(41)43)34-28-29-39-36(30-34)35-22-10-15-27-42(35)46-44(39)33-20-8-3-9-21-33;1-33(2)27-15-7-9-17-30(27)35(31-18-10-8-16-28(31)33)24-20-21-29-26(22-24)25-14-6-11-19-32(25)36-34(29)23-12-4-3-5-13-23;1-36(2)31-18-10-7-15-28(31)34(29-16-8-11-19-32(29)36)24-20-21-27-26(22-24)25-14-6-9-17-30(25)35-33(27)23-12-4-3-5-13-23/h1-30H;2*3-22H,1-2H3. The van der Waals surface area contributed by atoms with Gasteiger partial charge in [0.1, 0.15) is 25.3 Å². The molecule has 23 rings (SSSR count). The highest BCUT2D eigenvalue weighted by Crippen LogP contribution is 2.59. The number of nitrogens with zero attached hydrogens (tertiary/aromatic N) is 3. The first-order chi connectivity index (χ1) is 58.1. The molecule has 0 unspecified atom stereocenters. The molecule has 17 aromatic carbocycles. The summed E-state index contributed by atoms with van der Waals surface area (Å²) < 4.78 is 19.8. The molecule has 17 aromatic rings. The van der Waals surface area contributed by atoms with Gasteiger partial charge < -0.3 is 28.7 Å². The molecule has 0 bridgehead atoms. The van der Waals surface area contributed by atoms with Crippen LogP contribution >= 0.6 is 0 Å². The lowest BCUT2D eigenvalue weighted by atomic mass is 9.52. The second-order valence-electron chi connectivity index (χ2n) is 32.4. The maximum Gasteiger partial charge on any atom is 0.427 e. The van der Waals surface area contributed by atoms with Gasteiger partial charge in [0.2, 0.25) is 0 Å². The van der Waals surface area contributed by atoms with E-state index in [0.29, 0.717) is 0 Å². The van der Waals surface area contributed by atoms with E-state index in [9.17, 15) is 0 Å². The number of hydrogen-bond donors (Lipinski definition) is 0. The molecule has 118 heavy (non-hydrogen) atoms. The molecular formula is C108H82B3N3O3Si. The molecule has 0 aliphatic carbocycles. The van der Waals surface area contributed by atoms with Crippen molar-refractivity contribution in [1.29, 1.82) is 0 Å². The average molecular weight is 1530 g/mol. The molecule has 6 heterocycles. The highest BCUT2D eigenvalue weighted by Gasteiger charge is 2.48. The van der Waals surface area contributed by atoms with Crippen molar-refractivity contribution in [2.45, 2.75) is 37.8 Å². The van der Waals surface area contributed by atoms with E-state index in [4.69, 9.17) is 14.0 Å². The van der Waals surface area contributed by atoms with Crippen LogP contribution in [0.25, 0.3) is 33.4 Å². The van der Waals surface area contributed by atoms with Crippen LogP contribution in [0.3, 0.4) is 0 Å². The molecule has 0 fully saturated rings. The van der Waals surface area contributed by atoms with E-state index >= 15 is 0 Å². The van der Waals surface area contributed by atoms with Crippen molar-refractivity contribution in [3.05, 3.63) is 458 Å². The summed E-state index contributed by atoms with van der Waals surface area (Å²) in [6.45, 7) is 9.15. The van der Waals surface area contributed by atoms with Crippen molar-refractivity contribution >= 4 is 123 Å². The second kappa shape index (κ2) is 29.3. The first kappa shape index (κ1) is 71.7. The average Bonchev–Trinajstić information content (AvgIpc) is 0.696. The summed E-state index contributed by atoms with van der Waals surface area (Å²) in [4.78, 5) is 7.33. The van der Waals surface area contributed by atoms with E-state index in [2.05, 4.69) is 466 Å². The van der Waals surface area contributed by atoms with Crippen molar-refractivity contribution in [3.63, 3.8) is 0 Å². The van der Waals surface area contributed by atoms with Gasteiger partial charge in [-0.1, -0.05) is 361 Å². The molecule has 0 radical (unpaired) electrons. The highest BCUT2D eigenvalue weighted by molar-refractivity contribution is 7.02. The van der Waals surface area contributed by atoms with Gasteiger partial charge in [-0.2, -0.15) is 0 Å². The SMILES string of the molecule is CC1(C)c2ccccc2N(c2ccc3c(c2)-c2ccccc2OB3c2ccccc2)c2ccccc21.C[Si]1(C)c2ccccc2N(c2ccc3c(c2)-c2ccccc2OB3c2ccccc2)c2ccccc21.c1ccc(B2Oc3ccccc3-c3cc(N4c5ccccc5C(c5ccccc5)(c5ccccc5)c5ccccc54)ccc32)cc1. The van der Waals surface area contributed by atoms with Crippen LogP contribution in [0.2, 0.25) is 13.1 Å². The van der Waals surface area contributed by atoms with E-state index < -0.39 is 13.5 Å². The van der Waals surface area contributed by atoms with Gasteiger partial charge in [0.25, 0.3) is 0 Å². The van der Waals surface area contributed by atoms with Gasteiger partial charge in [-0.3, -0.25) is 0 Å². The lowest BCUT2D eigenvalue weighted by Crippen LogP contribution is -2.58. The van der Waals surface area contributed by atoms with Crippen molar-refractivity contribution in [3.8, 4) is 50.6 Å². The zero-order chi connectivity index (χ0) is 79.1. The van der Waals surface area contributed by atoms with Crippen LogP contribution in [0, 0.1) is 0 Å². The fourth-order valence-electron chi connectivity index (χ4n) is 19.6. The van der Waals surface area contributed by atoms with Crippen LogP contribution in [0.4, 0.5) is 51.2 Å². The third-order valence-electron chi connectivity index (χ3n) is 25.1. The Bertz CT molecular complexity index is 6260. The van der Waals surface area contributed by atoms with Crippen LogP contribution < -0.4 is 71.8 Å². The molecule has 6 nitrogen and oxygen atoms in total. The van der Waals surface area contributed by atoms with Gasteiger partial charge in [-0.25, -0.2) is 0 Å². The predicted octanol–water partition coefficient (Wildman–Crippen LogP) is 21.4. The molecule has 0 saturated heterocycles. The summed E-state index contributed by atoms with van der Waals surface area (Å²) in [5, 5.41) is 2.96. The number of hydrogen-bond acceptors (Lipinski definition) is 6. The van der Waals surface area contributed by atoms with Crippen LogP contribution in [0.1, 0.15) is 47.2 Å². The number of para-hydroxylation sites is 9. The second-order valence-corrected chi connectivity index (χ2v) is 36.7. The lowest BCUT2D eigenvalue weighted by molar-refractivity contribution is 0.590. The van der Waals surface area contributed by atoms with Gasteiger partial charge in [-0.05, 0) is 184 Å². The molecule has 0 amide bonds.